The number of benzene rings is 2. The summed E-state index contributed by atoms with van der Waals surface area (Å²) in [6, 6.07) is 13.4. The van der Waals surface area contributed by atoms with Crippen LogP contribution in [-0.4, -0.2) is 31.6 Å². The quantitative estimate of drug-likeness (QED) is 0.769. The van der Waals surface area contributed by atoms with Crippen LogP contribution in [0.5, 0.6) is 5.75 Å². The Bertz CT molecular complexity index is 730. The fourth-order valence-electron chi connectivity index (χ4n) is 2.17. The molecule has 2 aromatic rings. The second-order valence-corrected chi connectivity index (χ2v) is 5.85. The molecule has 0 saturated heterocycles. The first kappa shape index (κ1) is 18.8. The van der Waals surface area contributed by atoms with Crippen LogP contribution in [0.25, 0.3) is 0 Å². The van der Waals surface area contributed by atoms with Crippen molar-refractivity contribution in [2.75, 3.05) is 13.7 Å². The summed E-state index contributed by atoms with van der Waals surface area (Å²) >= 11 is 5.97. The highest BCUT2D eigenvalue weighted by Gasteiger charge is 2.19. The van der Waals surface area contributed by atoms with Crippen LogP contribution in [0.15, 0.2) is 48.5 Å². The van der Waals surface area contributed by atoms with E-state index < -0.39 is 17.9 Å². The number of amides is 1. The Kier molecular flexibility index (Phi) is 6.83. The molecule has 0 aliphatic rings. The highest BCUT2D eigenvalue weighted by Crippen LogP contribution is 2.15. The van der Waals surface area contributed by atoms with Gasteiger partial charge in [0, 0.05) is 6.42 Å². The van der Waals surface area contributed by atoms with Gasteiger partial charge in [0.05, 0.1) is 24.3 Å². The van der Waals surface area contributed by atoms with Gasteiger partial charge in [-0.1, -0.05) is 35.9 Å². The van der Waals surface area contributed by atoms with Crippen molar-refractivity contribution < 1.29 is 19.1 Å². The van der Waals surface area contributed by atoms with Crippen LogP contribution >= 0.6 is 11.6 Å². The summed E-state index contributed by atoms with van der Waals surface area (Å²) in [6.07, 6.45) is 0.584. The molecule has 132 valence electrons. The lowest BCUT2D eigenvalue weighted by Gasteiger charge is -2.14. The first-order chi connectivity index (χ1) is 12.0. The average Bonchev–Trinajstić information content (AvgIpc) is 2.62. The van der Waals surface area contributed by atoms with Gasteiger partial charge in [0.25, 0.3) is 5.91 Å². The van der Waals surface area contributed by atoms with Crippen LogP contribution in [-0.2, 0) is 16.0 Å². The molecular weight excluding hydrogens is 342 g/mol. The summed E-state index contributed by atoms with van der Waals surface area (Å²) in [7, 11) is 1.61. The number of hydrogen-bond acceptors (Lipinski definition) is 4. The molecule has 0 heterocycles. The zero-order chi connectivity index (χ0) is 18.2. The van der Waals surface area contributed by atoms with Crippen LogP contribution in [0.2, 0.25) is 5.02 Å². The molecule has 0 spiro atoms. The van der Waals surface area contributed by atoms with Gasteiger partial charge in [-0.2, -0.15) is 0 Å². The molecule has 1 unspecified atom stereocenters. The Labute approximate surface area is 151 Å². The molecule has 25 heavy (non-hydrogen) atoms. The lowest BCUT2D eigenvalue weighted by Crippen LogP contribution is -2.39. The monoisotopic (exact) mass is 361 g/mol. The van der Waals surface area contributed by atoms with Gasteiger partial charge in [-0.3, -0.25) is 4.79 Å². The van der Waals surface area contributed by atoms with E-state index in [4.69, 9.17) is 21.1 Å². The van der Waals surface area contributed by atoms with Gasteiger partial charge in [0.1, 0.15) is 11.8 Å². The minimum Gasteiger partial charge on any atom is -0.497 e. The highest BCUT2D eigenvalue weighted by molar-refractivity contribution is 6.33. The molecule has 1 atom stereocenters. The van der Waals surface area contributed by atoms with Crippen LogP contribution in [0.1, 0.15) is 22.8 Å². The maximum atomic E-state index is 12.1. The summed E-state index contributed by atoms with van der Waals surface area (Å²) < 4.78 is 10.3. The molecule has 0 aliphatic carbocycles. The maximum Gasteiger partial charge on any atom is 0.328 e. The van der Waals surface area contributed by atoms with E-state index in [1.54, 1.807) is 38.3 Å². The third kappa shape index (κ3) is 5.50. The molecule has 2 rings (SSSR count). The minimum atomic E-state index is -0.764. The van der Waals surface area contributed by atoms with Gasteiger partial charge in [-0.05, 0) is 36.8 Å². The molecular formula is C19H20ClNO4. The summed E-state index contributed by atoms with van der Waals surface area (Å²) in [5, 5.41) is 2.92. The van der Waals surface area contributed by atoms with Crippen molar-refractivity contribution in [1.29, 1.82) is 0 Å². The number of halogens is 1. The van der Waals surface area contributed by atoms with Gasteiger partial charge < -0.3 is 14.8 Å². The summed E-state index contributed by atoms with van der Waals surface area (Å²) in [5.41, 5.74) is 1.35. The summed E-state index contributed by atoms with van der Waals surface area (Å²) in [4.78, 5) is 24.1. The second kappa shape index (κ2) is 9.08. The maximum absolute atomic E-state index is 12.1. The van der Waals surface area contributed by atoms with Gasteiger partial charge in [0.15, 0.2) is 0 Å². The molecule has 0 radical (unpaired) electrons. The van der Waals surface area contributed by atoms with E-state index in [0.29, 0.717) is 17.0 Å². The number of carbonyl (C=O) groups is 2. The van der Waals surface area contributed by atoms with E-state index in [1.165, 1.54) is 0 Å². The second-order valence-electron chi connectivity index (χ2n) is 5.44. The molecule has 2 aromatic carbocycles. The van der Waals surface area contributed by atoms with Crippen molar-refractivity contribution >= 4 is 23.5 Å². The first-order valence-electron chi connectivity index (χ1n) is 7.86. The Morgan fingerprint density at radius 3 is 2.44 bits per heavy atom. The predicted molar refractivity (Wildman–Crippen MR) is 96.0 cm³/mol. The Morgan fingerprint density at radius 2 is 1.80 bits per heavy atom. The van der Waals surface area contributed by atoms with Gasteiger partial charge in [0.2, 0.25) is 0 Å². The van der Waals surface area contributed by atoms with Crippen molar-refractivity contribution in [2.24, 2.45) is 0 Å². The summed E-state index contributed by atoms with van der Waals surface area (Å²) in [5.74, 6) is -0.129. The number of nitrogens with one attached hydrogen (secondary N) is 1. The topological polar surface area (TPSA) is 64.6 Å². The van der Waals surface area contributed by atoms with Gasteiger partial charge in [-0.25, -0.2) is 4.79 Å². The number of carbonyl (C=O) groups excluding carboxylic acids is 2. The molecule has 0 saturated carbocycles. The fourth-order valence-corrected chi connectivity index (χ4v) is 2.39. The van der Waals surface area contributed by atoms with Crippen molar-refractivity contribution in [2.45, 2.75) is 19.4 Å². The number of hydrogen-bond donors (Lipinski definition) is 1. The molecule has 0 fully saturated rings. The lowest BCUT2D eigenvalue weighted by atomic mass is 10.1. The van der Waals surface area contributed by atoms with E-state index in [2.05, 4.69) is 5.32 Å². The number of methoxy groups -OCH3 is 1. The third-order valence-electron chi connectivity index (χ3n) is 3.61. The molecule has 1 N–H and O–H groups in total. The van der Waals surface area contributed by atoms with Crippen LogP contribution < -0.4 is 10.1 Å². The van der Waals surface area contributed by atoms with Crippen molar-refractivity contribution in [1.82, 2.24) is 5.32 Å². The Hall–Kier alpha value is -2.53. The van der Waals surface area contributed by atoms with Crippen molar-refractivity contribution in [3.8, 4) is 5.75 Å². The van der Waals surface area contributed by atoms with E-state index in [1.807, 2.05) is 24.3 Å². The number of ether oxygens (including phenoxy) is 2. The molecule has 0 aliphatic heterocycles. The largest absolute Gasteiger partial charge is 0.497 e. The van der Waals surface area contributed by atoms with Crippen LogP contribution in [0, 0.1) is 0 Å². The van der Waals surface area contributed by atoms with E-state index >= 15 is 0 Å². The smallest absolute Gasteiger partial charge is 0.328 e. The Morgan fingerprint density at radius 1 is 1.12 bits per heavy atom. The van der Waals surface area contributed by atoms with Crippen molar-refractivity contribution in [3.05, 3.63) is 64.7 Å². The number of esters is 1. The zero-order valence-electron chi connectivity index (χ0n) is 14.1. The normalized spacial score (nSPS) is 11.5. The molecule has 5 nitrogen and oxygen atoms in total. The molecule has 1 amide bonds. The fraction of sp³-hybridized carbons (Fsp3) is 0.263. The van der Waals surface area contributed by atoms with Crippen LogP contribution in [0.3, 0.4) is 0 Å². The van der Waals surface area contributed by atoms with Crippen molar-refractivity contribution in [3.63, 3.8) is 0 Å². The SMILES string of the molecule is COc1ccc(CCOC(=O)C(C)NC(=O)c2ccccc2Cl)cc1. The first-order valence-corrected chi connectivity index (χ1v) is 8.24. The molecule has 6 heteroatoms. The summed E-state index contributed by atoms with van der Waals surface area (Å²) in [6.45, 7) is 1.81. The minimum absolute atomic E-state index is 0.234. The van der Waals surface area contributed by atoms with Crippen LogP contribution in [0.4, 0.5) is 0 Å². The van der Waals surface area contributed by atoms with Gasteiger partial charge in [-0.15, -0.1) is 0 Å². The van der Waals surface area contributed by atoms with Gasteiger partial charge >= 0.3 is 5.97 Å². The molecule has 0 bridgehead atoms. The highest BCUT2D eigenvalue weighted by atomic mass is 35.5. The molecule has 0 aromatic heterocycles. The van der Waals surface area contributed by atoms with E-state index in [-0.39, 0.29) is 6.61 Å². The third-order valence-corrected chi connectivity index (χ3v) is 3.94. The predicted octanol–water partition coefficient (Wildman–Crippen LogP) is 3.25. The standard InChI is InChI=1S/C19H20ClNO4/c1-13(21-18(22)16-5-3-4-6-17(16)20)19(23)25-12-11-14-7-9-15(24-2)10-8-14/h3-10,13H,11-12H2,1-2H3,(H,21,22). The van der Waals surface area contributed by atoms with E-state index in [0.717, 1.165) is 11.3 Å². The van der Waals surface area contributed by atoms with E-state index in [9.17, 15) is 9.59 Å². The average molecular weight is 362 g/mol. The zero-order valence-corrected chi connectivity index (χ0v) is 14.9. The lowest BCUT2D eigenvalue weighted by molar-refractivity contribution is -0.145. The number of rotatable bonds is 7. The Balaban J connectivity index is 1.79.